The van der Waals surface area contributed by atoms with Gasteiger partial charge in [-0.2, -0.15) is 0 Å². The van der Waals surface area contributed by atoms with Crippen LogP contribution in [0.25, 0.3) is 0 Å². The van der Waals surface area contributed by atoms with Gasteiger partial charge in [-0.05, 0) is 19.4 Å². The van der Waals surface area contributed by atoms with Crippen LogP contribution in [0.4, 0.5) is 0 Å². The average molecular weight is 222 g/mol. The van der Waals surface area contributed by atoms with Crippen molar-refractivity contribution in [1.29, 1.82) is 0 Å². The molecule has 0 saturated carbocycles. The number of hydrogen-bond acceptors (Lipinski definition) is 3. The Morgan fingerprint density at radius 3 is 3.19 bits per heavy atom. The highest BCUT2D eigenvalue weighted by atomic mass is 16.2. The molecular weight excluding hydrogens is 204 g/mol. The lowest BCUT2D eigenvalue weighted by Gasteiger charge is -2.26. The van der Waals surface area contributed by atoms with Crippen molar-refractivity contribution >= 4 is 5.91 Å². The second-order valence-corrected chi connectivity index (χ2v) is 4.27. The van der Waals surface area contributed by atoms with Gasteiger partial charge in [0, 0.05) is 26.0 Å². The van der Waals surface area contributed by atoms with Crippen LogP contribution >= 0.6 is 0 Å². The third-order valence-electron chi connectivity index (χ3n) is 2.96. The Labute approximate surface area is 95.2 Å². The van der Waals surface area contributed by atoms with E-state index < -0.39 is 0 Å². The molecule has 1 atom stereocenters. The normalized spacial score (nSPS) is 20.7. The van der Waals surface area contributed by atoms with E-state index in [4.69, 9.17) is 0 Å². The summed E-state index contributed by atoms with van der Waals surface area (Å²) in [4.78, 5) is 20.9. The minimum atomic E-state index is 0.133. The molecule has 0 aromatic carbocycles. The number of aromatic amines is 1. The zero-order valence-electron chi connectivity index (χ0n) is 9.57. The molecule has 2 rings (SSSR count). The number of hydrogen-bond donors (Lipinski definition) is 2. The number of rotatable bonds is 3. The van der Waals surface area contributed by atoms with Gasteiger partial charge in [-0.1, -0.05) is 0 Å². The van der Waals surface area contributed by atoms with Crippen LogP contribution < -0.4 is 5.32 Å². The minimum Gasteiger partial charge on any atom is -0.347 e. The second kappa shape index (κ2) is 5.12. The molecule has 0 spiro atoms. The molecular formula is C11H18N4O. The first-order valence-electron chi connectivity index (χ1n) is 5.71. The van der Waals surface area contributed by atoms with E-state index in [1.165, 1.54) is 0 Å². The molecule has 1 aliphatic heterocycles. The van der Waals surface area contributed by atoms with E-state index >= 15 is 0 Å². The third-order valence-corrected chi connectivity index (χ3v) is 2.96. The number of nitrogens with zero attached hydrogens (tertiary/aromatic N) is 2. The Morgan fingerprint density at radius 2 is 2.56 bits per heavy atom. The zero-order valence-corrected chi connectivity index (χ0v) is 9.57. The SMILES string of the molecule is CN(Cc1ncc[nH]1)C(=O)C1CCCNC1. The summed E-state index contributed by atoms with van der Waals surface area (Å²) in [6, 6.07) is 0. The van der Waals surface area contributed by atoms with Crippen molar-refractivity contribution in [3.8, 4) is 0 Å². The quantitative estimate of drug-likeness (QED) is 0.776. The van der Waals surface area contributed by atoms with Gasteiger partial charge in [-0.25, -0.2) is 4.98 Å². The van der Waals surface area contributed by atoms with Crippen molar-refractivity contribution in [2.45, 2.75) is 19.4 Å². The van der Waals surface area contributed by atoms with Gasteiger partial charge in [0.15, 0.2) is 0 Å². The van der Waals surface area contributed by atoms with Crippen LogP contribution in [-0.2, 0) is 11.3 Å². The van der Waals surface area contributed by atoms with E-state index in [9.17, 15) is 4.79 Å². The van der Waals surface area contributed by atoms with Crippen LogP contribution in [0.15, 0.2) is 12.4 Å². The molecule has 1 aromatic rings. The number of H-pyrrole nitrogens is 1. The molecule has 1 aromatic heterocycles. The molecule has 5 heteroatoms. The highest BCUT2D eigenvalue weighted by Gasteiger charge is 2.24. The van der Waals surface area contributed by atoms with Gasteiger partial charge in [-0.15, -0.1) is 0 Å². The predicted molar refractivity (Wildman–Crippen MR) is 60.7 cm³/mol. The summed E-state index contributed by atoms with van der Waals surface area (Å²) in [7, 11) is 1.83. The van der Waals surface area contributed by atoms with Crippen LogP contribution in [0.5, 0.6) is 0 Å². The van der Waals surface area contributed by atoms with E-state index in [-0.39, 0.29) is 11.8 Å². The first kappa shape index (κ1) is 11.1. The summed E-state index contributed by atoms with van der Waals surface area (Å²) in [5, 5.41) is 3.26. The molecule has 16 heavy (non-hydrogen) atoms. The molecule has 0 aliphatic carbocycles. The molecule has 88 valence electrons. The van der Waals surface area contributed by atoms with Crippen LogP contribution in [0, 0.1) is 5.92 Å². The van der Waals surface area contributed by atoms with Crippen molar-refractivity contribution in [3.05, 3.63) is 18.2 Å². The maximum absolute atomic E-state index is 12.1. The Morgan fingerprint density at radius 1 is 1.69 bits per heavy atom. The molecule has 1 unspecified atom stereocenters. The molecule has 1 fully saturated rings. The number of piperidine rings is 1. The van der Waals surface area contributed by atoms with Gasteiger partial charge in [0.05, 0.1) is 12.5 Å². The number of amides is 1. The van der Waals surface area contributed by atoms with Crippen LogP contribution in [0.2, 0.25) is 0 Å². The summed E-state index contributed by atoms with van der Waals surface area (Å²) in [6.45, 7) is 2.40. The van der Waals surface area contributed by atoms with Crippen LogP contribution in [-0.4, -0.2) is 40.9 Å². The summed E-state index contributed by atoms with van der Waals surface area (Å²) in [6.07, 6.45) is 5.56. The van der Waals surface area contributed by atoms with Gasteiger partial charge in [0.1, 0.15) is 5.82 Å². The van der Waals surface area contributed by atoms with Gasteiger partial charge in [0.25, 0.3) is 0 Å². The fourth-order valence-electron chi connectivity index (χ4n) is 2.06. The topological polar surface area (TPSA) is 61.0 Å². The van der Waals surface area contributed by atoms with Gasteiger partial charge in [-0.3, -0.25) is 4.79 Å². The van der Waals surface area contributed by atoms with Crippen molar-refractivity contribution < 1.29 is 4.79 Å². The Kier molecular flexibility index (Phi) is 3.56. The third kappa shape index (κ3) is 2.61. The van der Waals surface area contributed by atoms with E-state index in [2.05, 4.69) is 15.3 Å². The number of nitrogens with one attached hydrogen (secondary N) is 2. The summed E-state index contributed by atoms with van der Waals surface area (Å²) in [5.41, 5.74) is 0. The maximum Gasteiger partial charge on any atom is 0.227 e. The zero-order chi connectivity index (χ0) is 11.4. The highest BCUT2D eigenvalue weighted by Crippen LogP contribution is 2.13. The van der Waals surface area contributed by atoms with Crippen molar-refractivity contribution in [2.24, 2.45) is 5.92 Å². The second-order valence-electron chi connectivity index (χ2n) is 4.27. The Bertz CT molecular complexity index is 330. The fraction of sp³-hybridized carbons (Fsp3) is 0.636. The predicted octanol–water partition coefficient (Wildman–Crippen LogP) is 0.368. The minimum absolute atomic E-state index is 0.133. The number of carbonyl (C=O) groups is 1. The summed E-state index contributed by atoms with van der Waals surface area (Å²) in [5.74, 6) is 1.18. The smallest absolute Gasteiger partial charge is 0.227 e. The molecule has 5 nitrogen and oxygen atoms in total. The molecule has 1 saturated heterocycles. The average Bonchev–Trinajstić information content (AvgIpc) is 2.82. The van der Waals surface area contributed by atoms with Crippen molar-refractivity contribution in [1.82, 2.24) is 20.2 Å². The lowest BCUT2D eigenvalue weighted by Crippen LogP contribution is -2.41. The van der Waals surface area contributed by atoms with Crippen LogP contribution in [0.1, 0.15) is 18.7 Å². The summed E-state index contributed by atoms with van der Waals surface area (Å²) < 4.78 is 0. The Hall–Kier alpha value is -1.36. The monoisotopic (exact) mass is 222 g/mol. The van der Waals surface area contributed by atoms with E-state index in [1.54, 1.807) is 17.3 Å². The summed E-state index contributed by atoms with van der Waals surface area (Å²) >= 11 is 0. The molecule has 2 heterocycles. The van der Waals surface area contributed by atoms with E-state index in [0.717, 1.165) is 31.8 Å². The van der Waals surface area contributed by atoms with Crippen molar-refractivity contribution in [2.75, 3.05) is 20.1 Å². The van der Waals surface area contributed by atoms with E-state index in [0.29, 0.717) is 6.54 Å². The first-order valence-corrected chi connectivity index (χ1v) is 5.71. The lowest BCUT2D eigenvalue weighted by atomic mass is 9.98. The molecule has 0 bridgehead atoms. The largest absolute Gasteiger partial charge is 0.347 e. The maximum atomic E-state index is 12.1. The lowest BCUT2D eigenvalue weighted by molar-refractivity contribution is -0.135. The van der Waals surface area contributed by atoms with Gasteiger partial charge >= 0.3 is 0 Å². The van der Waals surface area contributed by atoms with Gasteiger partial charge < -0.3 is 15.2 Å². The number of aromatic nitrogens is 2. The van der Waals surface area contributed by atoms with Crippen molar-refractivity contribution in [3.63, 3.8) is 0 Å². The number of carbonyl (C=O) groups excluding carboxylic acids is 1. The Balaban J connectivity index is 1.88. The van der Waals surface area contributed by atoms with E-state index in [1.807, 2.05) is 7.05 Å². The first-order chi connectivity index (χ1) is 7.77. The standard InChI is InChI=1S/C11H18N4O/c1-15(8-10-13-5-6-14-10)11(16)9-3-2-4-12-7-9/h5-6,9,12H,2-4,7-8H2,1H3,(H,13,14). The van der Waals surface area contributed by atoms with Gasteiger partial charge in [0.2, 0.25) is 5.91 Å². The molecule has 1 amide bonds. The molecule has 2 N–H and O–H groups in total. The van der Waals surface area contributed by atoms with Crippen LogP contribution in [0.3, 0.4) is 0 Å². The molecule has 0 radical (unpaired) electrons. The highest BCUT2D eigenvalue weighted by molar-refractivity contribution is 5.78. The fourth-order valence-corrected chi connectivity index (χ4v) is 2.06. The number of imidazole rings is 1. The molecule has 1 aliphatic rings.